The summed E-state index contributed by atoms with van der Waals surface area (Å²) in [5.41, 5.74) is 4.73. The van der Waals surface area contributed by atoms with Gasteiger partial charge in [-0.1, -0.05) is 6.07 Å². The fourth-order valence-electron chi connectivity index (χ4n) is 0.663. The first-order valence-corrected chi connectivity index (χ1v) is 3.45. The van der Waals surface area contributed by atoms with Gasteiger partial charge in [-0.25, -0.2) is 4.79 Å². The predicted octanol–water partition coefficient (Wildman–Crippen LogP) is 1.65. The topological polar surface area (TPSA) is 72.6 Å². The molecular weight excluding hydrogens is 170 g/mol. The van der Waals surface area contributed by atoms with Crippen LogP contribution in [0, 0.1) is 0 Å². The summed E-state index contributed by atoms with van der Waals surface area (Å²) in [5.74, 6) is 0.265. The molecule has 4 heteroatoms. The van der Waals surface area contributed by atoms with Crippen LogP contribution in [-0.4, -0.2) is 11.2 Å². The lowest BCUT2D eigenvalue weighted by molar-refractivity contribution is 0.211. The molecule has 1 amide bonds. The van der Waals surface area contributed by atoms with Crippen molar-refractivity contribution in [2.75, 3.05) is 0 Å². The molecule has 0 spiro atoms. The van der Waals surface area contributed by atoms with Crippen LogP contribution in [0.1, 0.15) is 0 Å². The van der Waals surface area contributed by atoms with E-state index in [0.29, 0.717) is 0 Å². The number of benzene rings is 1. The maximum absolute atomic E-state index is 10.2. The molecule has 1 aromatic carbocycles. The van der Waals surface area contributed by atoms with Crippen molar-refractivity contribution in [3.05, 3.63) is 37.4 Å². The predicted molar refractivity (Wildman–Crippen MR) is 49.6 cm³/mol. The van der Waals surface area contributed by atoms with E-state index in [1.54, 1.807) is 6.07 Å². The Morgan fingerprint density at radius 1 is 1.46 bits per heavy atom. The largest absolute Gasteiger partial charge is 0.508 e. The first kappa shape index (κ1) is 11.0. The van der Waals surface area contributed by atoms with Crippen LogP contribution >= 0.6 is 0 Å². The number of phenolic OH excluding ortho intramolecular Hbond substituents is 1. The Labute approximate surface area is 76.3 Å². The Morgan fingerprint density at radius 3 is 2.54 bits per heavy atom. The minimum absolute atomic E-state index is 0.0313. The van der Waals surface area contributed by atoms with Crippen LogP contribution in [-0.2, 0) is 0 Å². The molecule has 0 unspecified atom stereocenters. The molecule has 13 heavy (non-hydrogen) atoms. The second kappa shape index (κ2) is 5.65. The number of rotatable bonds is 1. The standard InChI is InChI=1S/C7H7NO3.C2H4/c8-7(10)11-6-3-1-2-5(9)4-6;1-2/h1-4,9H,(H2,8,10);1-2H2. The first-order valence-electron chi connectivity index (χ1n) is 3.45. The number of ether oxygens (including phenoxy) is 1. The number of nitrogens with two attached hydrogens (primary N) is 1. The van der Waals surface area contributed by atoms with Gasteiger partial charge in [0.2, 0.25) is 0 Å². The van der Waals surface area contributed by atoms with Gasteiger partial charge >= 0.3 is 6.09 Å². The zero-order chi connectivity index (χ0) is 10.3. The third kappa shape index (κ3) is 4.47. The summed E-state index contributed by atoms with van der Waals surface area (Å²) in [7, 11) is 0. The smallest absolute Gasteiger partial charge is 0.409 e. The van der Waals surface area contributed by atoms with Crippen molar-refractivity contribution in [2.24, 2.45) is 5.73 Å². The summed E-state index contributed by atoms with van der Waals surface area (Å²) in [4.78, 5) is 10.2. The lowest BCUT2D eigenvalue weighted by Crippen LogP contribution is -2.15. The second-order valence-corrected chi connectivity index (χ2v) is 1.92. The van der Waals surface area contributed by atoms with Crippen molar-refractivity contribution in [3.8, 4) is 11.5 Å². The Balaban J connectivity index is 0.000000671. The number of amides is 1. The molecule has 4 nitrogen and oxygen atoms in total. The van der Waals surface area contributed by atoms with E-state index in [1.165, 1.54) is 18.2 Å². The average Bonchev–Trinajstić information content (AvgIpc) is 2.06. The van der Waals surface area contributed by atoms with Crippen LogP contribution in [0.4, 0.5) is 4.79 Å². The van der Waals surface area contributed by atoms with Crippen LogP contribution in [0.15, 0.2) is 37.4 Å². The Bertz CT molecular complexity index is 286. The van der Waals surface area contributed by atoms with Crippen LogP contribution in [0.2, 0.25) is 0 Å². The molecule has 0 fully saturated rings. The second-order valence-electron chi connectivity index (χ2n) is 1.92. The van der Waals surface area contributed by atoms with Gasteiger partial charge in [0.05, 0.1) is 0 Å². The summed E-state index contributed by atoms with van der Waals surface area (Å²) >= 11 is 0. The normalized spacial score (nSPS) is 8.00. The fourth-order valence-corrected chi connectivity index (χ4v) is 0.663. The maximum atomic E-state index is 10.2. The van der Waals surface area contributed by atoms with Crippen molar-refractivity contribution in [2.45, 2.75) is 0 Å². The zero-order valence-electron chi connectivity index (χ0n) is 7.06. The fraction of sp³-hybridized carbons (Fsp3) is 0. The van der Waals surface area contributed by atoms with Gasteiger partial charge in [-0.05, 0) is 12.1 Å². The molecule has 70 valence electrons. The highest BCUT2D eigenvalue weighted by Crippen LogP contribution is 2.17. The first-order chi connectivity index (χ1) is 6.18. The maximum Gasteiger partial charge on any atom is 0.409 e. The zero-order valence-corrected chi connectivity index (χ0v) is 7.06. The molecule has 0 saturated carbocycles. The van der Waals surface area contributed by atoms with Gasteiger partial charge in [0.25, 0.3) is 0 Å². The molecule has 1 rings (SSSR count). The van der Waals surface area contributed by atoms with E-state index < -0.39 is 6.09 Å². The summed E-state index contributed by atoms with van der Waals surface area (Å²) in [6.07, 6.45) is -0.893. The molecule has 0 bridgehead atoms. The number of hydrogen-bond acceptors (Lipinski definition) is 3. The van der Waals surface area contributed by atoms with Gasteiger partial charge in [-0.2, -0.15) is 0 Å². The number of hydrogen-bond donors (Lipinski definition) is 2. The monoisotopic (exact) mass is 181 g/mol. The summed E-state index contributed by atoms with van der Waals surface area (Å²) in [6, 6.07) is 5.83. The van der Waals surface area contributed by atoms with Crippen molar-refractivity contribution < 1.29 is 14.6 Å². The van der Waals surface area contributed by atoms with Gasteiger partial charge in [-0.15, -0.1) is 13.2 Å². The van der Waals surface area contributed by atoms with E-state index in [9.17, 15) is 4.79 Å². The van der Waals surface area contributed by atoms with Crippen LogP contribution in [0.25, 0.3) is 0 Å². The van der Waals surface area contributed by atoms with Crippen molar-refractivity contribution >= 4 is 6.09 Å². The number of carbonyl (C=O) groups excluding carboxylic acids is 1. The summed E-state index contributed by atoms with van der Waals surface area (Å²) in [6.45, 7) is 6.00. The van der Waals surface area contributed by atoms with Crippen LogP contribution in [0.5, 0.6) is 11.5 Å². The van der Waals surface area contributed by atoms with E-state index in [2.05, 4.69) is 17.9 Å². The molecular formula is C9H11NO3. The molecule has 0 aliphatic heterocycles. The molecule has 0 radical (unpaired) electrons. The van der Waals surface area contributed by atoms with Crippen molar-refractivity contribution in [1.29, 1.82) is 0 Å². The quantitative estimate of drug-likeness (QED) is 0.647. The molecule has 1 aromatic rings. The third-order valence-corrected chi connectivity index (χ3v) is 1.04. The Morgan fingerprint density at radius 2 is 2.08 bits per heavy atom. The summed E-state index contributed by atoms with van der Waals surface area (Å²) < 4.78 is 4.47. The minimum atomic E-state index is -0.893. The van der Waals surface area contributed by atoms with Crippen LogP contribution < -0.4 is 10.5 Å². The highest BCUT2D eigenvalue weighted by molar-refractivity contribution is 5.68. The molecule has 0 atom stereocenters. The van der Waals surface area contributed by atoms with Crippen molar-refractivity contribution in [3.63, 3.8) is 0 Å². The van der Waals surface area contributed by atoms with Gasteiger partial charge in [0.15, 0.2) is 0 Å². The SMILES string of the molecule is C=C.NC(=O)Oc1cccc(O)c1. The highest BCUT2D eigenvalue weighted by atomic mass is 16.5. The van der Waals surface area contributed by atoms with E-state index in [-0.39, 0.29) is 11.5 Å². The van der Waals surface area contributed by atoms with E-state index >= 15 is 0 Å². The molecule has 0 aliphatic rings. The van der Waals surface area contributed by atoms with Gasteiger partial charge in [0, 0.05) is 6.07 Å². The molecule has 0 aromatic heterocycles. The van der Waals surface area contributed by atoms with Gasteiger partial charge in [0.1, 0.15) is 11.5 Å². The van der Waals surface area contributed by atoms with Crippen LogP contribution in [0.3, 0.4) is 0 Å². The number of carbonyl (C=O) groups is 1. The Kier molecular flexibility index (Phi) is 4.79. The highest BCUT2D eigenvalue weighted by Gasteiger charge is 1.97. The average molecular weight is 181 g/mol. The number of phenols is 1. The van der Waals surface area contributed by atoms with E-state index in [0.717, 1.165) is 0 Å². The molecule has 0 aliphatic carbocycles. The van der Waals surface area contributed by atoms with Gasteiger partial charge < -0.3 is 15.6 Å². The molecule has 0 heterocycles. The molecule has 3 N–H and O–H groups in total. The lowest BCUT2D eigenvalue weighted by atomic mass is 10.3. The van der Waals surface area contributed by atoms with Gasteiger partial charge in [-0.3, -0.25) is 0 Å². The lowest BCUT2D eigenvalue weighted by Gasteiger charge is -1.99. The minimum Gasteiger partial charge on any atom is -0.508 e. The van der Waals surface area contributed by atoms with Crippen molar-refractivity contribution in [1.82, 2.24) is 0 Å². The summed E-state index contributed by atoms with van der Waals surface area (Å²) in [5, 5.41) is 8.89. The Hall–Kier alpha value is -1.97. The van der Waals surface area contributed by atoms with E-state index in [1.807, 2.05) is 0 Å². The number of aromatic hydroxyl groups is 1. The third-order valence-electron chi connectivity index (χ3n) is 1.04. The number of primary amides is 1. The van der Waals surface area contributed by atoms with E-state index in [4.69, 9.17) is 10.8 Å². The molecule has 0 saturated heterocycles.